The number of nitrogens with one attached hydrogen (secondary N) is 1. The highest BCUT2D eigenvalue weighted by Crippen LogP contribution is 2.47. The molecule has 2 saturated heterocycles. The molecular formula is C11H22N2S. The van der Waals surface area contributed by atoms with Crippen molar-refractivity contribution in [1.29, 1.82) is 0 Å². The van der Waals surface area contributed by atoms with Crippen LogP contribution in [-0.2, 0) is 0 Å². The van der Waals surface area contributed by atoms with E-state index in [4.69, 9.17) is 5.73 Å². The zero-order chi connectivity index (χ0) is 10.4. The van der Waals surface area contributed by atoms with Crippen LogP contribution in [-0.4, -0.2) is 15.8 Å². The van der Waals surface area contributed by atoms with Gasteiger partial charge in [0.25, 0.3) is 0 Å². The predicted molar refractivity (Wildman–Crippen MR) is 63.1 cm³/mol. The van der Waals surface area contributed by atoms with Gasteiger partial charge in [-0.2, -0.15) is 0 Å². The Kier molecular flexibility index (Phi) is 2.61. The van der Waals surface area contributed by atoms with Crippen LogP contribution in [0.4, 0.5) is 0 Å². The van der Waals surface area contributed by atoms with E-state index in [1.807, 2.05) is 11.8 Å². The fraction of sp³-hybridized carbons (Fsp3) is 1.00. The lowest BCUT2D eigenvalue weighted by molar-refractivity contribution is 0.168. The first-order valence-corrected chi connectivity index (χ1v) is 6.50. The van der Waals surface area contributed by atoms with Gasteiger partial charge in [0.15, 0.2) is 0 Å². The molecule has 1 saturated carbocycles. The molecular weight excluding hydrogens is 192 g/mol. The van der Waals surface area contributed by atoms with Crippen molar-refractivity contribution in [2.75, 3.05) is 0 Å². The molecule has 3 rings (SSSR count). The van der Waals surface area contributed by atoms with Crippen molar-refractivity contribution in [1.82, 2.24) is 5.32 Å². The summed E-state index contributed by atoms with van der Waals surface area (Å²) in [5.41, 5.74) is 6.43. The molecule has 0 unspecified atom stereocenters. The summed E-state index contributed by atoms with van der Waals surface area (Å²) in [5, 5.41) is 3.56. The van der Waals surface area contributed by atoms with Gasteiger partial charge in [0.05, 0.1) is 0 Å². The third kappa shape index (κ3) is 1.95. The molecule has 14 heavy (non-hydrogen) atoms. The van der Waals surface area contributed by atoms with Crippen LogP contribution < -0.4 is 11.1 Å². The number of fused-ring (bicyclic) bond motifs is 5. The summed E-state index contributed by atoms with van der Waals surface area (Å²) in [6.45, 7) is 6.96. The summed E-state index contributed by atoms with van der Waals surface area (Å²) >= 11 is 1.93. The van der Waals surface area contributed by atoms with E-state index in [0.29, 0.717) is 4.75 Å². The molecule has 3 heteroatoms. The minimum atomic E-state index is 0.109. The maximum atomic E-state index is 6.10. The Morgan fingerprint density at radius 1 is 1.21 bits per heavy atom. The molecule has 2 bridgehead atoms. The normalized spacial score (nSPS) is 47.1. The van der Waals surface area contributed by atoms with Gasteiger partial charge in [-0.15, -0.1) is 11.8 Å². The van der Waals surface area contributed by atoms with Gasteiger partial charge in [-0.05, 0) is 45.4 Å². The summed E-state index contributed by atoms with van der Waals surface area (Å²) in [4.78, 5) is 0. The number of nitrogens with two attached hydrogens (primary N) is 1. The zero-order valence-corrected chi connectivity index (χ0v) is 10.3. The van der Waals surface area contributed by atoms with Crippen molar-refractivity contribution in [3.8, 4) is 0 Å². The second-order valence-corrected chi connectivity index (χ2v) is 7.36. The molecule has 0 aromatic heterocycles. The Morgan fingerprint density at radius 2 is 1.79 bits per heavy atom. The third-order valence-electron chi connectivity index (χ3n) is 3.99. The van der Waals surface area contributed by atoms with Crippen LogP contribution in [0, 0.1) is 5.92 Å². The minimum absolute atomic E-state index is 0.109. The van der Waals surface area contributed by atoms with Gasteiger partial charge < -0.3 is 5.73 Å². The summed E-state index contributed by atoms with van der Waals surface area (Å²) in [5.74, 6) is 0.808. The van der Waals surface area contributed by atoms with Crippen LogP contribution in [0.3, 0.4) is 0 Å². The molecule has 3 N–H and O–H groups in total. The SMILES string of the molecule is CC12CCC(CC1)C(C)(C)N[C@@H](N)S2. The fourth-order valence-electron chi connectivity index (χ4n) is 2.89. The van der Waals surface area contributed by atoms with E-state index < -0.39 is 0 Å². The monoisotopic (exact) mass is 214 g/mol. The highest BCUT2D eigenvalue weighted by atomic mass is 32.2. The highest BCUT2D eigenvalue weighted by Gasteiger charge is 2.42. The maximum Gasteiger partial charge on any atom is 0.104 e. The smallest absolute Gasteiger partial charge is 0.104 e. The van der Waals surface area contributed by atoms with Gasteiger partial charge in [0.2, 0.25) is 0 Å². The predicted octanol–water partition coefficient (Wildman–Crippen LogP) is 2.29. The van der Waals surface area contributed by atoms with Crippen molar-refractivity contribution >= 4 is 11.8 Å². The fourth-order valence-corrected chi connectivity index (χ4v) is 4.34. The molecule has 0 aromatic rings. The van der Waals surface area contributed by atoms with E-state index in [1.54, 1.807) is 0 Å². The number of thioether (sulfide) groups is 1. The Balaban J connectivity index is 2.19. The average Bonchev–Trinajstić information content (AvgIpc) is 2.00. The maximum absolute atomic E-state index is 6.10. The van der Waals surface area contributed by atoms with Crippen molar-refractivity contribution in [2.24, 2.45) is 11.7 Å². The lowest BCUT2D eigenvalue weighted by Crippen LogP contribution is -2.58. The lowest BCUT2D eigenvalue weighted by atomic mass is 9.73. The van der Waals surface area contributed by atoms with Crippen molar-refractivity contribution in [3.05, 3.63) is 0 Å². The minimum Gasteiger partial charge on any atom is -0.307 e. The van der Waals surface area contributed by atoms with Crippen molar-refractivity contribution < 1.29 is 0 Å². The summed E-state index contributed by atoms with van der Waals surface area (Å²) in [7, 11) is 0. The van der Waals surface area contributed by atoms with Gasteiger partial charge in [-0.1, -0.05) is 6.92 Å². The van der Waals surface area contributed by atoms with Crippen molar-refractivity contribution in [3.63, 3.8) is 0 Å². The number of hydrogen-bond acceptors (Lipinski definition) is 3. The van der Waals surface area contributed by atoms with E-state index in [1.165, 1.54) is 25.7 Å². The molecule has 2 heterocycles. The third-order valence-corrected chi connectivity index (χ3v) is 5.34. The summed E-state index contributed by atoms with van der Waals surface area (Å²) < 4.78 is 0.430. The summed E-state index contributed by atoms with van der Waals surface area (Å²) in [6.07, 6.45) is 5.38. The van der Waals surface area contributed by atoms with Gasteiger partial charge in [-0.3, -0.25) is 5.32 Å². The molecule has 82 valence electrons. The van der Waals surface area contributed by atoms with E-state index >= 15 is 0 Å². The van der Waals surface area contributed by atoms with Crippen LogP contribution >= 0.6 is 11.8 Å². The van der Waals surface area contributed by atoms with Gasteiger partial charge >= 0.3 is 0 Å². The van der Waals surface area contributed by atoms with E-state index in [2.05, 4.69) is 26.1 Å². The topological polar surface area (TPSA) is 38.0 Å². The first kappa shape index (κ1) is 10.8. The molecule has 1 aliphatic carbocycles. The van der Waals surface area contributed by atoms with Crippen LogP contribution in [0.25, 0.3) is 0 Å². The van der Waals surface area contributed by atoms with Gasteiger partial charge in [0.1, 0.15) is 5.50 Å². The Labute approximate surface area is 91.4 Å². The van der Waals surface area contributed by atoms with E-state index in [9.17, 15) is 0 Å². The Hall–Kier alpha value is 0.270. The zero-order valence-electron chi connectivity index (χ0n) is 9.47. The molecule has 0 radical (unpaired) electrons. The van der Waals surface area contributed by atoms with E-state index in [0.717, 1.165) is 5.92 Å². The Bertz CT molecular complexity index is 217. The first-order valence-electron chi connectivity index (χ1n) is 5.62. The average molecular weight is 214 g/mol. The molecule has 0 spiro atoms. The second-order valence-electron chi connectivity index (χ2n) is 5.63. The number of rotatable bonds is 0. The molecule has 2 nitrogen and oxygen atoms in total. The quantitative estimate of drug-likeness (QED) is 0.650. The first-order chi connectivity index (χ1) is 6.41. The van der Waals surface area contributed by atoms with Crippen LogP contribution in [0.1, 0.15) is 46.5 Å². The summed E-state index contributed by atoms with van der Waals surface area (Å²) in [6, 6.07) is 0. The molecule has 0 aromatic carbocycles. The van der Waals surface area contributed by atoms with Crippen LogP contribution in [0.2, 0.25) is 0 Å². The number of hydrogen-bond donors (Lipinski definition) is 2. The molecule has 3 aliphatic rings. The van der Waals surface area contributed by atoms with Crippen molar-refractivity contribution in [2.45, 2.75) is 62.2 Å². The standard InChI is InChI=1S/C11H22N2S/c1-10(2)8-4-6-11(3,7-5-8)14-9(12)13-10/h8-9,13H,4-7,12H2,1-3H3/t8?,9-,11?/m1/s1. The molecule has 0 amide bonds. The molecule has 2 aliphatic heterocycles. The highest BCUT2D eigenvalue weighted by molar-refractivity contribution is 8.01. The van der Waals surface area contributed by atoms with E-state index in [-0.39, 0.29) is 11.0 Å². The molecule has 1 atom stereocenters. The van der Waals surface area contributed by atoms with Gasteiger partial charge in [-0.25, -0.2) is 0 Å². The Morgan fingerprint density at radius 3 is 2.36 bits per heavy atom. The lowest BCUT2D eigenvalue weighted by Gasteiger charge is -2.49. The largest absolute Gasteiger partial charge is 0.307 e. The molecule has 3 fully saturated rings. The van der Waals surface area contributed by atoms with Crippen LogP contribution in [0.15, 0.2) is 0 Å². The van der Waals surface area contributed by atoms with Crippen LogP contribution in [0.5, 0.6) is 0 Å². The van der Waals surface area contributed by atoms with Gasteiger partial charge in [0, 0.05) is 10.3 Å². The second kappa shape index (κ2) is 3.39.